The number of aromatic nitrogens is 2. The molecule has 2 aromatic carbocycles. The lowest BCUT2D eigenvalue weighted by molar-refractivity contribution is -0.132. The maximum atomic E-state index is 13.5. The lowest BCUT2D eigenvalue weighted by Crippen LogP contribution is -2.35. The SMILES string of the molecule is CCCCCC(=O)N(C)C(C)c1nc2ccccc2c(=O)n1-c1ccccc1CC. The quantitative estimate of drug-likeness (QED) is 0.493. The fourth-order valence-electron chi connectivity index (χ4n) is 3.78. The van der Waals surface area contributed by atoms with Crippen molar-refractivity contribution in [1.82, 2.24) is 14.5 Å². The fourth-order valence-corrected chi connectivity index (χ4v) is 3.78. The number of carbonyl (C=O) groups is 1. The Morgan fingerprint density at radius 1 is 1.07 bits per heavy atom. The van der Waals surface area contributed by atoms with E-state index < -0.39 is 0 Å². The van der Waals surface area contributed by atoms with Gasteiger partial charge in [-0.1, -0.05) is 57.0 Å². The Labute approximate surface area is 178 Å². The molecule has 5 nitrogen and oxygen atoms in total. The normalized spacial score (nSPS) is 12.1. The van der Waals surface area contributed by atoms with E-state index in [1.807, 2.05) is 55.5 Å². The number of aryl methyl sites for hydroxylation is 1. The highest BCUT2D eigenvalue weighted by atomic mass is 16.2. The molecule has 1 unspecified atom stereocenters. The topological polar surface area (TPSA) is 55.2 Å². The molecule has 0 bridgehead atoms. The van der Waals surface area contributed by atoms with E-state index in [9.17, 15) is 9.59 Å². The second-order valence-corrected chi connectivity index (χ2v) is 7.75. The summed E-state index contributed by atoms with van der Waals surface area (Å²) in [4.78, 5) is 32.9. The highest BCUT2D eigenvalue weighted by Crippen LogP contribution is 2.24. The monoisotopic (exact) mass is 405 g/mol. The van der Waals surface area contributed by atoms with E-state index >= 15 is 0 Å². The lowest BCUT2D eigenvalue weighted by Gasteiger charge is -2.27. The van der Waals surface area contributed by atoms with Gasteiger partial charge in [0.05, 0.1) is 22.6 Å². The van der Waals surface area contributed by atoms with Crippen molar-refractivity contribution in [3.8, 4) is 5.69 Å². The molecule has 3 aromatic rings. The third-order valence-corrected chi connectivity index (χ3v) is 5.76. The van der Waals surface area contributed by atoms with E-state index in [0.717, 1.165) is 36.9 Å². The van der Waals surface area contributed by atoms with Crippen molar-refractivity contribution < 1.29 is 4.79 Å². The van der Waals surface area contributed by atoms with Crippen molar-refractivity contribution >= 4 is 16.8 Å². The lowest BCUT2D eigenvalue weighted by atomic mass is 10.1. The third kappa shape index (κ3) is 4.30. The molecule has 0 saturated heterocycles. The van der Waals surface area contributed by atoms with Gasteiger partial charge in [0, 0.05) is 13.5 Å². The Hall–Kier alpha value is -2.95. The molecule has 1 aromatic heterocycles. The standard InChI is InChI=1S/C25H31N3O2/c1-5-7-8-17-23(29)27(4)18(3)24-26-21-15-11-10-14-20(21)25(30)28(24)22-16-12-9-13-19(22)6-2/h9-16,18H,5-8,17H2,1-4H3. The van der Waals surface area contributed by atoms with Gasteiger partial charge in [0.15, 0.2) is 0 Å². The molecule has 0 aliphatic carbocycles. The molecule has 158 valence electrons. The largest absolute Gasteiger partial charge is 0.336 e. The number of amides is 1. The second kappa shape index (κ2) is 9.70. The summed E-state index contributed by atoms with van der Waals surface area (Å²) in [6, 6.07) is 15.0. The molecule has 0 saturated carbocycles. The number of benzene rings is 2. The maximum Gasteiger partial charge on any atom is 0.266 e. The van der Waals surface area contributed by atoms with Gasteiger partial charge in [0.25, 0.3) is 5.56 Å². The first-order valence-electron chi connectivity index (χ1n) is 10.8. The van der Waals surface area contributed by atoms with Crippen LogP contribution in [0.2, 0.25) is 0 Å². The van der Waals surface area contributed by atoms with Crippen LogP contribution < -0.4 is 5.56 Å². The van der Waals surface area contributed by atoms with Crippen molar-refractivity contribution in [3.05, 3.63) is 70.3 Å². The Balaban J connectivity index is 2.15. The average Bonchev–Trinajstić information content (AvgIpc) is 2.78. The van der Waals surface area contributed by atoms with E-state index in [2.05, 4.69) is 13.8 Å². The molecule has 0 radical (unpaired) electrons. The number of para-hydroxylation sites is 2. The van der Waals surface area contributed by atoms with Crippen LogP contribution in [0.15, 0.2) is 53.3 Å². The number of rotatable bonds is 8. The summed E-state index contributed by atoms with van der Waals surface area (Å²) in [5.41, 5.74) is 2.45. The zero-order valence-corrected chi connectivity index (χ0v) is 18.4. The molecule has 0 spiro atoms. The Kier molecular flexibility index (Phi) is 7.03. The summed E-state index contributed by atoms with van der Waals surface area (Å²) in [6.45, 7) is 6.14. The molecule has 1 atom stereocenters. The minimum Gasteiger partial charge on any atom is -0.336 e. The number of hydrogen-bond donors (Lipinski definition) is 0. The fraction of sp³-hybridized carbons (Fsp3) is 0.400. The highest BCUT2D eigenvalue weighted by molar-refractivity contribution is 5.79. The molecule has 0 N–H and O–H groups in total. The van der Waals surface area contributed by atoms with Crippen molar-refractivity contribution in [2.24, 2.45) is 0 Å². The summed E-state index contributed by atoms with van der Waals surface area (Å²) in [6.07, 6.45) is 4.30. The first-order valence-corrected chi connectivity index (χ1v) is 10.8. The Bertz CT molecular complexity index is 1090. The molecular formula is C25H31N3O2. The van der Waals surface area contributed by atoms with Crippen LogP contribution in [0.5, 0.6) is 0 Å². The van der Waals surface area contributed by atoms with Crippen LogP contribution in [0.25, 0.3) is 16.6 Å². The van der Waals surface area contributed by atoms with Crippen LogP contribution in [-0.2, 0) is 11.2 Å². The van der Waals surface area contributed by atoms with Crippen molar-refractivity contribution in [2.75, 3.05) is 7.05 Å². The zero-order valence-electron chi connectivity index (χ0n) is 18.4. The number of carbonyl (C=O) groups excluding carboxylic acids is 1. The van der Waals surface area contributed by atoms with Crippen molar-refractivity contribution in [3.63, 3.8) is 0 Å². The molecule has 0 aliphatic heterocycles. The summed E-state index contributed by atoms with van der Waals surface area (Å²) < 4.78 is 1.70. The molecule has 30 heavy (non-hydrogen) atoms. The van der Waals surface area contributed by atoms with Crippen LogP contribution in [-0.4, -0.2) is 27.4 Å². The maximum absolute atomic E-state index is 13.5. The van der Waals surface area contributed by atoms with Gasteiger partial charge in [-0.2, -0.15) is 0 Å². The molecule has 1 heterocycles. The minimum absolute atomic E-state index is 0.0775. The highest BCUT2D eigenvalue weighted by Gasteiger charge is 2.24. The Morgan fingerprint density at radius 2 is 1.77 bits per heavy atom. The van der Waals surface area contributed by atoms with E-state index in [4.69, 9.17) is 4.98 Å². The van der Waals surface area contributed by atoms with Crippen molar-refractivity contribution in [1.29, 1.82) is 0 Å². The molecule has 0 aliphatic rings. The number of unbranched alkanes of at least 4 members (excludes halogenated alkanes) is 2. The van der Waals surface area contributed by atoms with Crippen LogP contribution in [0.4, 0.5) is 0 Å². The number of nitrogens with zero attached hydrogens (tertiary/aromatic N) is 3. The minimum atomic E-state index is -0.332. The van der Waals surface area contributed by atoms with E-state index in [1.54, 1.807) is 16.5 Å². The van der Waals surface area contributed by atoms with Gasteiger partial charge in [-0.25, -0.2) is 4.98 Å². The second-order valence-electron chi connectivity index (χ2n) is 7.75. The van der Waals surface area contributed by atoms with Gasteiger partial charge < -0.3 is 4.90 Å². The first kappa shape index (κ1) is 21.8. The predicted octanol–water partition coefficient (Wildman–Crippen LogP) is 5.05. The van der Waals surface area contributed by atoms with Gasteiger partial charge >= 0.3 is 0 Å². The summed E-state index contributed by atoms with van der Waals surface area (Å²) in [7, 11) is 1.80. The van der Waals surface area contributed by atoms with Crippen LogP contribution in [0.1, 0.15) is 63.9 Å². The van der Waals surface area contributed by atoms with Crippen LogP contribution in [0, 0.1) is 0 Å². The summed E-state index contributed by atoms with van der Waals surface area (Å²) in [5.74, 6) is 0.666. The molecular weight excluding hydrogens is 374 g/mol. The number of fused-ring (bicyclic) bond motifs is 1. The molecule has 0 fully saturated rings. The third-order valence-electron chi connectivity index (χ3n) is 5.76. The summed E-state index contributed by atoms with van der Waals surface area (Å²) in [5, 5.41) is 0.580. The van der Waals surface area contributed by atoms with Gasteiger partial charge in [-0.15, -0.1) is 0 Å². The Morgan fingerprint density at radius 3 is 2.50 bits per heavy atom. The average molecular weight is 406 g/mol. The van der Waals surface area contributed by atoms with Gasteiger partial charge in [0.2, 0.25) is 5.91 Å². The first-order chi connectivity index (χ1) is 14.5. The smallest absolute Gasteiger partial charge is 0.266 e. The predicted molar refractivity (Wildman–Crippen MR) is 122 cm³/mol. The van der Waals surface area contributed by atoms with E-state index in [0.29, 0.717) is 23.1 Å². The van der Waals surface area contributed by atoms with Crippen LogP contribution in [0.3, 0.4) is 0 Å². The molecule has 1 amide bonds. The van der Waals surface area contributed by atoms with E-state index in [1.165, 1.54) is 0 Å². The van der Waals surface area contributed by atoms with E-state index in [-0.39, 0.29) is 17.5 Å². The van der Waals surface area contributed by atoms with Gasteiger partial charge in [0.1, 0.15) is 5.82 Å². The van der Waals surface area contributed by atoms with Crippen LogP contribution >= 0.6 is 0 Å². The zero-order chi connectivity index (χ0) is 21.7. The molecule has 5 heteroatoms. The summed E-state index contributed by atoms with van der Waals surface area (Å²) >= 11 is 0. The van der Waals surface area contributed by atoms with Gasteiger partial charge in [-0.3, -0.25) is 14.2 Å². The molecule has 3 rings (SSSR count). The van der Waals surface area contributed by atoms with Crippen molar-refractivity contribution in [2.45, 2.75) is 58.9 Å². The van der Waals surface area contributed by atoms with Gasteiger partial charge in [-0.05, 0) is 43.5 Å². The number of hydrogen-bond acceptors (Lipinski definition) is 3.